The summed E-state index contributed by atoms with van der Waals surface area (Å²) in [4.78, 5) is 68.8. The van der Waals surface area contributed by atoms with E-state index in [1.807, 2.05) is 26.2 Å². The van der Waals surface area contributed by atoms with Gasteiger partial charge in [0.25, 0.3) is 11.5 Å². The summed E-state index contributed by atoms with van der Waals surface area (Å²) >= 11 is 0. The zero-order chi connectivity index (χ0) is 39.9. The largest absolute Gasteiger partial charge is 0.448 e. The maximum atomic E-state index is 13.5. The Morgan fingerprint density at radius 1 is 0.948 bits per heavy atom. The zero-order valence-corrected chi connectivity index (χ0v) is 32.1. The highest BCUT2D eigenvalue weighted by Gasteiger charge is 2.28. The lowest BCUT2D eigenvalue weighted by molar-refractivity contribution is -0.120. The van der Waals surface area contributed by atoms with Crippen molar-refractivity contribution in [2.24, 2.45) is 7.05 Å². The van der Waals surface area contributed by atoms with E-state index in [-0.39, 0.29) is 36.7 Å². The van der Waals surface area contributed by atoms with E-state index in [9.17, 15) is 19.2 Å². The van der Waals surface area contributed by atoms with Crippen LogP contribution in [0.25, 0.3) is 33.3 Å². The van der Waals surface area contributed by atoms with Gasteiger partial charge in [0.2, 0.25) is 5.91 Å². The van der Waals surface area contributed by atoms with Crippen LogP contribution >= 0.6 is 0 Å². The molecule has 4 amide bonds. The van der Waals surface area contributed by atoms with Crippen molar-refractivity contribution in [2.75, 3.05) is 42.6 Å². The van der Waals surface area contributed by atoms with Crippen molar-refractivity contribution < 1.29 is 23.5 Å². The minimum atomic E-state index is -0.484. The molecule has 6 aromatic rings. The summed E-state index contributed by atoms with van der Waals surface area (Å²) in [6.07, 6.45) is 7.04. The van der Waals surface area contributed by atoms with E-state index in [0.717, 1.165) is 60.2 Å². The minimum Gasteiger partial charge on any atom is -0.448 e. The molecule has 3 aliphatic rings. The number of ether oxygens (including phenoxy) is 1. The van der Waals surface area contributed by atoms with E-state index in [1.165, 1.54) is 10.5 Å². The van der Waals surface area contributed by atoms with Crippen molar-refractivity contribution in [3.05, 3.63) is 106 Å². The number of furan rings is 1. The first-order chi connectivity index (χ1) is 28.2. The number of fused-ring (bicyclic) bond motifs is 3. The number of imide groups is 1. The predicted octanol–water partition coefficient (Wildman–Crippen LogP) is 5.65. The Kier molecular flexibility index (Phi) is 9.66. The lowest BCUT2D eigenvalue weighted by atomic mass is 9.89. The fourth-order valence-corrected chi connectivity index (χ4v) is 8.18. The molecular weight excluding hydrogens is 737 g/mol. The van der Waals surface area contributed by atoms with E-state index in [4.69, 9.17) is 19.1 Å². The number of aromatic nitrogens is 4. The monoisotopic (exact) mass is 776 g/mol. The molecule has 2 saturated heterocycles. The van der Waals surface area contributed by atoms with Gasteiger partial charge in [-0.25, -0.2) is 14.8 Å². The molecule has 9 rings (SSSR count). The van der Waals surface area contributed by atoms with E-state index in [1.54, 1.807) is 47.2 Å². The van der Waals surface area contributed by atoms with Crippen molar-refractivity contribution in [2.45, 2.75) is 44.9 Å². The molecule has 2 aromatic carbocycles. The van der Waals surface area contributed by atoms with Crippen LogP contribution in [0.1, 0.15) is 64.7 Å². The third-order valence-electron chi connectivity index (χ3n) is 11.1. The molecule has 3 aliphatic heterocycles. The van der Waals surface area contributed by atoms with Gasteiger partial charge in [0.1, 0.15) is 11.3 Å². The minimum absolute atomic E-state index is 0.00945. The lowest BCUT2D eigenvalue weighted by Crippen LogP contribution is -2.49. The molecule has 0 aliphatic carbocycles. The van der Waals surface area contributed by atoms with Crippen molar-refractivity contribution in [3.63, 3.8) is 0 Å². The number of urea groups is 1. The summed E-state index contributed by atoms with van der Waals surface area (Å²) in [6.45, 7) is 4.33. The topological polar surface area (TPSA) is 165 Å². The normalized spacial score (nSPS) is 15.9. The standard InChI is InChI=1S/C44H40N8O6/c1-26-21-31-35(50(2)43(26)55)22-28(27-13-19-57-20-14-27)23-36(31)51-17-6-9-33-37(51)25-47-41(48-33)30-8-5-15-45-40(30)42(54)46-16-4-7-29-24-32-34(10-3-11-38(32)58-29)52-18-12-39(53)49-44(52)56/h3,5,8,10-11,15,21-25,27H,6,9,12-14,16-20H2,1-2H3,(H,46,54)(H,49,53,56). The van der Waals surface area contributed by atoms with Gasteiger partial charge < -0.3 is 23.9 Å². The molecule has 58 heavy (non-hydrogen) atoms. The molecular formula is C44H40N8O6. The number of anilines is 3. The molecule has 0 radical (unpaired) electrons. The smallest absolute Gasteiger partial charge is 0.328 e. The molecule has 0 saturated carbocycles. The number of amides is 4. The molecule has 7 heterocycles. The molecule has 14 heteroatoms. The second kappa shape index (κ2) is 15.2. The molecule has 0 spiro atoms. The third-order valence-corrected chi connectivity index (χ3v) is 11.1. The average Bonchev–Trinajstić information content (AvgIpc) is 3.67. The van der Waals surface area contributed by atoms with Crippen LogP contribution in [-0.2, 0) is 23.0 Å². The predicted molar refractivity (Wildman–Crippen MR) is 218 cm³/mol. The van der Waals surface area contributed by atoms with Crippen LogP contribution in [-0.4, -0.2) is 70.2 Å². The van der Waals surface area contributed by atoms with Crippen LogP contribution in [0.15, 0.2) is 76.2 Å². The van der Waals surface area contributed by atoms with E-state index >= 15 is 0 Å². The zero-order valence-electron chi connectivity index (χ0n) is 32.1. The first-order valence-corrected chi connectivity index (χ1v) is 19.5. The Morgan fingerprint density at radius 2 is 1.81 bits per heavy atom. The summed E-state index contributed by atoms with van der Waals surface area (Å²) < 4.78 is 13.3. The quantitative estimate of drug-likeness (QED) is 0.202. The van der Waals surface area contributed by atoms with Crippen molar-refractivity contribution in [3.8, 4) is 23.2 Å². The Morgan fingerprint density at radius 3 is 2.66 bits per heavy atom. The van der Waals surface area contributed by atoms with Gasteiger partial charge in [-0.15, -0.1) is 0 Å². The average molecular weight is 777 g/mol. The Bertz CT molecular complexity index is 2770. The summed E-state index contributed by atoms with van der Waals surface area (Å²) in [5.74, 6) is 6.25. The second-order valence-corrected chi connectivity index (χ2v) is 14.8. The SMILES string of the molecule is Cc1cc2c(N3CCCc4nc(-c5cccnc5C(=O)NCC#Cc5cc6c(N7CCC(=O)NC7=O)cccc6o5)ncc43)cc(C3CCOCC3)cc2n(C)c1=O. The maximum Gasteiger partial charge on any atom is 0.328 e. The third kappa shape index (κ3) is 6.83. The molecule has 2 N–H and O–H groups in total. The van der Waals surface area contributed by atoms with Crippen LogP contribution in [0.5, 0.6) is 0 Å². The van der Waals surface area contributed by atoms with Gasteiger partial charge in [-0.1, -0.05) is 12.0 Å². The maximum absolute atomic E-state index is 13.5. The van der Waals surface area contributed by atoms with E-state index < -0.39 is 11.9 Å². The van der Waals surface area contributed by atoms with Gasteiger partial charge in [-0.05, 0) is 92.5 Å². The van der Waals surface area contributed by atoms with Crippen LogP contribution in [0.2, 0.25) is 0 Å². The molecule has 4 aromatic heterocycles. The van der Waals surface area contributed by atoms with Gasteiger partial charge in [-0.3, -0.25) is 29.6 Å². The van der Waals surface area contributed by atoms with Crippen LogP contribution < -0.4 is 26.0 Å². The number of hydrogen-bond acceptors (Lipinski definition) is 10. The highest BCUT2D eigenvalue weighted by atomic mass is 16.5. The summed E-state index contributed by atoms with van der Waals surface area (Å²) in [7, 11) is 1.84. The van der Waals surface area contributed by atoms with E-state index in [0.29, 0.717) is 58.5 Å². The fourth-order valence-electron chi connectivity index (χ4n) is 8.18. The van der Waals surface area contributed by atoms with Crippen LogP contribution in [0.4, 0.5) is 21.9 Å². The first kappa shape index (κ1) is 36.8. The number of nitrogens with zero attached hydrogens (tertiary/aromatic N) is 6. The number of nitrogens with one attached hydrogen (secondary N) is 2. The Balaban J connectivity index is 0.961. The van der Waals surface area contributed by atoms with Crippen molar-refractivity contribution in [1.29, 1.82) is 0 Å². The van der Waals surface area contributed by atoms with Gasteiger partial charge >= 0.3 is 6.03 Å². The molecule has 2 fully saturated rings. The second-order valence-electron chi connectivity index (χ2n) is 14.8. The Labute approximate surface area is 333 Å². The van der Waals surface area contributed by atoms with Crippen LogP contribution in [0, 0.1) is 18.8 Å². The fraction of sp³-hybridized carbons (Fsp3) is 0.295. The molecule has 14 nitrogen and oxygen atoms in total. The molecule has 0 unspecified atom stereocenters. The first-order valence-electron chi connectivity index (χ1n) is 19.5. The number of carbonyl (C=O) groups is 3. The number of pyridine rings is 2. The number of benzene rings is 2. The molecule has 292 valence electrons. The van der Waals surface area contributed by atoms with Gasteiger partial charge in [-0.2, -0.15) is 0 Å². The lowest BCUT2D eigenvalue weighted by Gasteiger charge is -2.33. The van der Waals surface area contributed by atoms with Gasteiger partial charge in [0.05, 0.1) is 46.6 Å². The highest BCUT2D eigenvalue weighted by molar-refractivity contribution is 6.09. The highest BCUT2D eigenvalue weighted by Crippen LogP contribution is 2.41. The van der Waals surface area contributed by atoms with Crippen LogP contribution in [0.3, 0.4) is 0 Å². The number of aryl methyl sites for hydroxylation is 3. The van der Waals surface area contributed by atoms with Gasteiger partial charge in [0, 0.05) is 68.4 Å². The molecule has 0 atom stereocenters. The molecule has 0 bridgehead atoms. The summed E-state index contributed by atoms with van der Waals surface area (Å²) in [6, 6.07) is 16.6. The van der Waals surface area contributed by atoms with Crippen molar-refractivity contribution >= 4 is 56.8 Å². The summed E-state index contributed by atoms with van der Waals surface area (Å²) in [5, 5.41) is 6.86. The Hall–Kier alpha value is -6.85. The number of hydrogen-bond donors (Lipinski definition) is 2. The van der Waals surface area contributed by atoms with E-state index in [2.05, 4.69) is 44.5 Å². The van der Waals surface area contributed by atoms with Gasteiger partial charge in [0.15, 0.2) is 11.6 Å². The number of rotatable bonds is 6. The van der Waals surface area contributed by atoms with Crippen molar-refractivity contribution in [1.82, 2.24) is 30.2 Å². The summed E-state index contributed by atoms with van der Waals surface area (Å²) in [5.41, 5.74) is 7.37. The number of carbonyl (C=O) groups excluding carboxylic acids is 3.